The van der Waals surface area contributed by atoms with E-state index < -0.39 is 17.2 Å². The Morgan fingerprint density at radius 3 is 2.54 bits per heavy atom. The molecule has 39 heavy (non-hydrogen) atoms. The van der Waals surface area contributed by atoms with Gasteiger partial charge in [-0.2, -0.15) is 0 Å². The maximum absolute atomic E-state index is 15.3. The van der Waals surface area contributed by atoms with Crippen molar-refractivity contribution in [2.45, 2.75) is 18.5 Å². The van der Waals surface area contributed by atoms with E-state index in [-0.39, 0.29) is 42.0 Å². The second-order valence-corrected chi connectivity index (χ2v) is 9.00. The van der Waals surface area contributed by atoms with Crippen molar-refractivity contribution >= 4 is 28.4 Å². The van der Waals surface area contributed by atoms with Crippen molar-refractivity contribution < 1.29 is 32.5 Å². The molecule has 1 aromatic carbocycles. The lowest BCUT2D eigenvalue weighted by Gasteiger charge is -2.29. The maximum atomic E-state index is 15.3. The lowest BCUT2D eigenvalue weighted by Crippen LogP contribution is -2.45. The van der Waals surface area contributed by atoms with Crippen LogP contribution in [0.3, 0.4) is 0 Å². The maximum Gasteiger partial charge on any atom is 0.243 e. The first-order valence-electron chi connectivity index (χ1n) is 12.3. The third kappa shape index (κ3) is 5.27. The van der Waals surface area contributed by atoms with Gasteiger partial charge in [-0.05, 0) is 18.6 Å². The van der Waals surface area contributed by atoms with Crippen molar-refractivity contribution in [1.29, 1.82) is 0 Å². The fraction of sp³-hybridized carbons (Fsp3) is 0.385. The number of fused-ring (bicyclic) bond motifs is 1. The molecule has 2 aliphatic rings. The Morgan fingerprint density at radius 2 is 1.87 bits per heavy atom. The standard InChI is InChI=1S/C26H28F2N6O5/c1-4-21(35)31-17-12-39-11-16(17)30-20-8-14-15(10-29-20)32-25(33-26(14)34-6-5-7-38-13-34)22-23(27)18(36-2)9-19(37-3)24(22)28/h4,8-10,16-17H,1,5-7,11-13H2,2-3H3,(H,29,30)(H,31,35)/t16-,17+/m1/s1. The summed E-state index contributed by atoms with van der Waals surface area (Å²) >= 11 is 0. The van der Waals surface area contributed by atoms with Crippen LogP contribution in [0.2, 0.25) is 0 Å². The van der Waals surface area contributed by atoms with E-state index in [1.54, 1.807) is 6.07 Å². The summed E-state index contributed by atoms with van der Waals surface area (Å²) in [7, 11) is 2.55. The summed E-state index contributed by atoms with van der Waals surface area (Å²) in [6, 6.07) is 2.36. The highest BCUT2D eigenvalue weighted by molar-refractivity contribution is 5.92. The Kier molecular flexibility index (Phi) is 7.70. The highest BCUT2D eigenvalue weighted by Gasteiger charge is 2.30. The predicted molar refractivity (Wildman–Crippen MR) is 139 cm³/mol. The largest absolute Gasteiger partial charge is 0.494 e. The number of hydrogen-bond acceptors (Lipinski definition) is 10. The summed E-state index contributed by atoms with van der Waals surface area (Å²) in [5.41, 5.74) is -0.107. The van der Waals surface area contributed by atoms with Gasteiger partial charge in [0.05, 0.1) is 63.4 Å². The Balaban J connectivity index is 1.59. The zero-order valence-corrected chi connectivity index (χ0v) is 21.5. The molecule has 0 spiro atoms. The predicted octanol–water partition coefficient (Wildman–Crippen LogP) is 2.65. The van der Waals surface area contributed by atoms with Crippen LogP contribution in [0.5, 0.6) is 11.5 Å². The molecule has 4 heterocycles. The second kappa shape index (κ2) is 11.3. The van der Waals surface area contributed by atoms with E-state index in [0.29, 0.717) is 48.9 Å². The number of benzene rings is 1. The van der Waals surface area contributed by atoms with Gasteiger partial charge in [0.15, 0.2) is 29.0 Å². The molecule has 0 radical (unpaired) electrons. The van der Waals surface area contributed by atoms with E-state index in [1.807, 2.05) is 4.90 Å². The number of carbonyl (C=O) groups is 1. The molecule has 2 aliphatic heterocycles. The topological polar surface area (TPSA) is 120 Å². The summed E-state index contributed by atoms with van der Waals surface area (Å²) in [5.74, 6) is -1.87. The number of nitrogens with one attached hydrogen (secondary N) is 2. The van der Waals surface area contributed by atoms with E-state index >= 15 is 8.78 Å². The summed E-state index contributed by atoms with van der Waals surface area (Å²) in [5, 5.41) is 6.73. The molecule has 0 bridgehead atoms. The molecule has 0 unspecified atom stereocenters. The number of amides is 1. The Labute approximate surface area is 223 Å². The average molecular weight is 543 g/mol. The number of nitrogens with zero attached hydrogens (tertiary/aromatic N) is 4. The summed E-state index contributed by atoms with van der Waals surface area (Å²) < 4.78 is 52.0. The molecule has 0 aliphatic carbocycles. The molecule has 2 fully saturated rings. The Bertz CT molecular complexity index is 1370. The molecular weight excluding hydrogens is 514 g/mol. The van der Waals surface area contributed by atoms with Crippen LogP contribution in [0.1, 0.15) is 6.42 Å². The van der Waals surface area contributed by atoms with Crippen LogP contribution in [0.15, 0.2) is 31.0 Å². The van der Waals surface area contributed by atoms with Gasteiger partial charge in [0, 0.05) is 18.0 Å². The quantitative estimate of drug-likeness (QED) is 0.411. The van der Waals surface area contributed by atoms with Gasteiger partial charge in [-0.15, -0.1) is 0 Å². The zero-order chi connectivity index (χ0) is 27.5. The molecule has 2 aromatic heterocycles. The van der Waals surface area contributed by atoms with Gasteiger partial charge in [-0.3, -0.25) is 4.79 Å². The molecule has 2 N–H and O–H groups in total. The minimum Gasteiger partial charge on any atom is -0.494 e. The van der Waals surface area contributed by atoms with Crippen LogP contribution in [0.25, 0.3) is 22.3 Å². The van der Waals surface area contributed by atoms with Crippen LogP contribution in [0.4, 0.5) is 20.4 Å². The van der Waals surface area contributed by atoms with Gasteiger partial charge < -0.3 is 34.5 Å². The monoisotopic (exact) mass is 542 g/mol. The summed E-state index contributed by atoms with van der Waals surface area (Å²) in [6.07, 6.45) is 3.45. The number of methoxy groups -OCH3 is 2. The van der Waals surface area contributed by atoms with E-state index in [4.69, 9.17) is 18.9 Å². The molecule has 206 valence electrons. The first-order chi connectivity index (χ1) is 18.9. The number of ether oxygens (including phenoxy) is 4. The van der Waals surface area contributed by atoms with E-state index in [0.717, 1.165) is 12.5 Å². The minimum atomic E-state index is -0.948. The van der Waals surface area contributed by atoms with Gasteiger partial charge in [0.2, 0.25) is 5.91 Å². The number of aromatic nitrogens is 3. The lowest BCUT2D eigenvalue weighted by atomic mass is 10.1. The van der Waals surface area contributed by atoms with Crippen molar-refractivity contribution in [3.05, 3.63) is 42.6 Å². The molecule has 11 nitrogen and oxygen atoms in total. The van der Waals surface area contributed by atoms with E-state index in [2.05, 4.69) is 32.2 Å². The third-order valence-corrected chi connectivity index (χ3v) is 6.55. The average Bonchev–Trinajstić information content (AvgIpc) is 3.39. The highest BCUT2D eigenvalue weighted by Crippen LogP contribution is 2.38. The lowest BCUT2D eigenvalue weighted by molar-refractivity contribution is -0.117. The first-order valence-corrected chi connectivity index (χ1v) is 12.3. The van der Waals surface area contributed by atoms with E-state index in [1.165, 1.54) is 26.5 Å². The molecule has 1 amide bonds. The number of anilines is 2. The molecule has 2 atom stereocenters. The SMILES string of the molecule is C=CC(=O)N[C@H]1COC[C@H]1Nc1cc2c(N3CCCOC3)nc(-c3c(F)c(OC)cc(OC)c3F)nc2cn1. The molecule has 2 saturated heterocycles. The highest BCUT2D eigenvalue weighted by atomic mass is 19.1. The first kappa shape index (κ1) is 26.5. The van der Waals surface area contributed by atoms with Crippen molar-refractivity contribution in [1.82, 2.24) is 20.3 Å². The second-order valence-electron chi connectivity index (χ2n) is 9.00. The van der Waals surface area contributed by atoms with Crippen molar-refractivity contribution in [3.8, 4) is 22.9 Å². The van der Waals surface area contributed by atoms with Crippen LogP contribution in [-0.4, -0.2) is 80.3 Å². The van der Waals surface area contributed by atoms with Gasteiger partial charge in [-0.25, -0.2) is 23.7 Å². The van der Waals surface area contributed by atoms with E-state index in [9.17, 15) is 4.79 Å². The van der Waals surface area contributed by atoms with Crippen LogP contribution in [0, 0.1) is 11.6 Å². The van der Waals surface area contributed by atoms with Crippen molar-refractivity contribution in [3.63, 3.8) is 0 Å². The summed E-state index contributed by atoms with van der Waals surface area (Å²) in [6.45, 7) is 5.65. The molecule has 13 heteroatoms. The van der Waals surface area contributed by atoms with Crippen LogP contribution in [-0.2, 0) is 14.3 Å². The smallest absolute Gasteiger partial charge is 0.243 e. The molecule has 0 saturated carbocycles. The number of halogens is 2. The van der Waals surface area contributed by atoms with Crippen LogP contribution >= 0.6 is 0 Å². The van der Waals surface area contributed by atoms with Gasteiger partial charge in [0.25, 0.3) is 0 Å². The normalized spacial score (nSPS) is 19.1. The van der Waals surface area contributed by atoms with Crippen molar-refractivity contribution in [2.75, 3.05) is 57.5 Å². The number of carbonyl (C=O) groups excluding carboxylic acids is 1. The Morgan fingerprint density at radius 1 is 1.13 bits per heavy atom. The van der Waals surface area contributed by atoms with Crippen LogP contribution < -0.4 is 25.0 Å². The van der Waals surface area contributed by atoms with Gasteiger partial charge >= 0.3 is 0 Å². The molecular formula is C26H28F2N6O5. The number of pyridine rings is 1. The molecule has 3 aromatic rings. The fourth-order valence-corrected chi connectivity index (χ4v) is 4.56. The number of hydrogen-bond donors (Lipinski definition) is 2. The summed E-state index contributed by atoms with van der Waals surface area (Å²) in [4.78, 5) is 27.2. The van der Waals surface area contributed by atoms with Gasteiger partial charge in [0.1, 0.15) is 18.4 Å². The zero-order valence-electron chi connectivity index (χ0n) is 21.5. The fourth-order valence-electron chi connectivity index (χ4n) is 4.56. The number of rotatable bonds is 8. The van der Waals surface area contributed by atoms with Gasteiger partial charge in [-0.1, -0.05) is 6.58 Å². The molecule has 5 rings (SSSR count). The van der Waals surface area contributed by atoms with Crippen molar-refractivity contribution in [2.24, 2.45) is 0 Å². The third-order valence-electron chi connectivity index (χ3n) is 6.55. The Hall–Kier alpha value is -4.10. The minimum absolute atomic E-state index is 0.186.